The number of hydrogen-bond donors (Lipinski definition) is 2. The summed E-state index contributed by atoms with van der Waals surface area (Å²) in [5, 5.41) is 10.3. The number of amides is 1. The van der Waals surface area contributed by atoms with Gasteiger partial charge in [-0.1, -0.05) is 29.8 Å². The minimum absolute atomic E-state index is 0.0533. The van der Waals surface area contributed by atoms with E-state index in [9.17, 15) is 9.90 Å². The average molecular weight is 286 g/mol. The second kappa shape index (κ2) is 6.59. The molecule has 2 N–H and O–H groups in total. The average Bonchev–Trinajstić information content (AvgIpc) is 2.90. The fraction of sp³-hybridized carbons (Fsp3) is 0.353. The van der Waals surface area contributed by atoms with E-state index in [1.807, 2.05) is 45.0 Å². The predicted octanol–water partition coefficient (Wildman–Crippen LogP) is 2.83. The Balaban J connectivity index is 2.10. The number of carbonyl (C=O) groups excluding carboxylic acids is 1. The van der Waals surface area contributed by atoms with Crippen LogP contribution < -0.4 is 0 Å². The highest BCUT2D eigenvalue weighted by molar-refractivity contribution is 5.95. The SMILES string of the molecule is CCN(C[C@@H](O)c1ccc(C)cc1)C(=O)c1cc[nH]c1C. The maximum Gasteiger partial charge on any atom is 0.255 e. The van der Waals surface area contributed by atoms with Crippen LogP contribution in [-0.4, -0.2) is 34.0 Å². The minimum Gasteiger partial charge on any atom is -0.387 e. The topological polar surface area (TPSA) is 56.3 Å². The van der Waals surface area contributed by atoms with E-state index in [0.29, 0.717) is 18.7 Å². The van der Waals surface area contributed by atoms with E-state index in [1.54, 1.807) is 17.2 Å². The van der Waals surface area contributed by atoms with Crippen molar-refractivity contribution in [2.75, 3.05) is 13.1 Å². The molecule has 21 heavy (non-hydrogen) atoms. The molecule has 0 fully saturated rings. The van der Waals surface area contributed by atoms with Gasteiger partial charge in [-0.05, 0) is 32.4 Å². The number of carbonyl (C=O) groups is 1. The van der Waals surface area contributed by atoms with Crippen LogP contribution in [-0.2, 0) is 0 Å². The van der Waals surface area contributed by atoms with Gasteiger partial charge in [0.2, 0.25) is 0 Å². The third-order valence-electron chi connectivity index (χ3n) is 3.71. The van der Waals surface area contributed by atoms with E-state index in [1.165, 1.54) is 0 Å². The van der Waals surface area contributed by atoms with Gasteiger partial charge < -0.3 is 15.0 Å². The molecule has 0 saturated carbocycles. The number of aryl methyl sites for hydroxylation is 2. The summed E-state index contributed by atoms with van der Waals surface area (Å²) in [4.78, 5) is 17.2. The summed E-state index contributed by atoms with van der Waals surface area (Å²) in [6.07, 6.45) is 1.08. The van der Waals surface area contributed by atoms with Crippen LogP contribution in [0.15, 0.2) is 36.5 Å². The molecule has 0 spiro atoms. The summed E-state index contributed by atoms with van der Waals surface area (Å²) in [5.41, 5.74) is 3.49. The van der Waals surface area contributed by atoms with E-state index in [4.69, 9.17) is 0 Å². The molecule has 0 unspecified atom stereocenters. The number of benzene rings is 1. The number of aliphatic hydroxyl groups excluding tert-OH is 1. The van der Waals surface area contributed by atoms with Crippen molar-refractivity contribution in [3.8, 4) is 0 Å². The molecule has 0 saturated heterocycles. The Morgan fingerprint density at radius 3 is 2.43 bits per heavy atom. The molecule has 4 nitrogen and oxygen atoms in total. The quantitative estimate of drug-likeness (QED) is 0.888. The largest absolute Gasteiger partial charge is 0.387 e. The fourth-order valence-corrected chi connectivity index (χ4v) is 2.31. The molecule has 0 bridgehead atoms. The van der Waals surface area contributed by atoms with Gasteiger partial charge in [-0.15, -0.1) is 0 Å². The van der Waals surface area contributed by atoms with E-state index >= 15 is 0 Å². The molecular formula is C17H22N2O2. The van der Waals surface area contributed by atoms with Crippen LogP contribution in [0.5, 0.6) is 0 Å². The Kier molecular flexibility index (Phi) is 4.81. The number of nitrogens with one attached hydrogen (secondary N) is 1. The van der Waals surface area contributed by atoms with Gasteiger partial charge >= 0.3 is 0 Å². The lowest BCUT2D eigenvalue weighted by Crippen LogP contribution is -2.34. The summed E-state index contributed by atoms with van der Waals surface area (Å²) < 4.78 is 0. The first-order chi connectivity index (χ1) is 10.0. The first kappa shape index (κ1) is 15.3. The van der Waals surface area contributed by atoms with Crippen molar-refractivity contribution in [3.63, 3.8) is 0 Å². The molecule has 0 aliphatic carbocycles. The number of aromatic nitrogens is 1. The Morgan fingerprint density at radius 1 is 1.24 bits per heavy atom. The number of nitrogens with zero attached hydrogens (tertiary/aromatic N) is 1. The predicted molar refractivity (Wildman–Crippen MR) is 83.2 cm³/mol. The molecule has 1 amide bonds. The van der Waals surface area contributed by atoms with Gasteiger partial charge in [0.15, 0.2) is 0 Å². The third-order valence-corrected chi connectivity index (χ3v) is 3.71. The summed E-state index contributed by atoms with van der Waals surface area (Å²) >= 11 is 0. The van der Waals surface area contributed by atoms with Crippen molar-refractivity contribution in [1.82, 2.24) is 9.88 Å². The molecule has 4 heteroatoms. The van der Waals surface area contributed by atoms with Crippen molar-refractivity contribution >= 4 is 5.91 Å². The van der Waals surface area contributed by atoms with Gasteiger partial charge in [0, 0.05) is 18.4 Å². The molecule has 2 aromatic rings. The summed E-state index contributed by atoms with van der Waals surface area (Å²) in [5.74, 6) is -0.0533. The molecule has 0 aliphatic heterocycles. The Bertz CT molecular complexity index is 602. The number of aliphatic hydroxyl groups is 1. The second-order valence-corrected chi connectivity index (χ2v) is 5.29. The molecule has 0 aliphatic rings. The van der Waals surface area contributed by atoms with Gasteiger partial charge in [0.05, 0.1) is 18.2 Å². The van der Waals surface area contributed by atoms with E-state index < -0.39 is 6.10 Å². The van der Waals surface area contributed by atoms with Crippen LogP contribution in [0.4, 0.5) is 0 Å². The fourth-order valence-electron chi connectivity index (χ4n) is 2.31. The van der Waals surface area contributed by atoms with Crippen LogP contribution >= 0.6 is 0 Å². The zero-order valence-electron chi connectivity index (χ0n) is 12.8. The summed E-state index contributed by atoms with van der Waals surface area (Å²) in [6.45, 7) is 6.65. The van der Waals surface area contributed by atoms with Crippen LogP contribution in [0.2, 0.25) is 0 Å². The lowest BCUT2D eigenvalue weighted by molar-refractivity contribution is 0.0634. The number of H-pyrrole nitrogens is 1. The molecule has 112 valence electrons. The highest BCUT2D eigenvalue weighted by Crippen LogP contribution is 2.17. The van der Waals surface area contributed by atoms with E-state index in [-0.39, 0.29) is 5.91 Å². The van der Waals surface area contributed by atoms with Gasteiger partial charge in [-0.25, -0.2) is 0 Å². The zero-order valence-corrected chi connectivity index (χ0v) is 12.8. The number of aromatic amines is 1. The summed E-state index contributed by atoms with van der Waals surface area (Å²) in [6, 6.07) is 9.51. The van der Waals surface area contributed by atoms with Crippen molar-refractivity contribution in [2.45, 2.75) is 26.9 Å². The van der Waals surface area contributed by atoms with Crippen molar-refractivity contribution in [1.29, 1.82) is 0 Å². The highest BCUT2D eigenvalue weighted by Gasteiger charge is 2.20. The molecular weight excluding hydrogens is 264 g/mol. The first-order valence-corrected chi connectivity index (χ1v) is 7.20. The number of rotatable bonds is 5. The summed E-state index contributed by atoms with van der Waals surface area (Å²) in [7, 11) is 0. The normalized spacial score (nSPS) is 12.2. The molecule has 0 radical (unpaired) electrons. The third kappa shape index (κ3) is 3.52. The van der Waals surface area contributed by atoms with Gasteiger partial charge in [0.25, 0.3) is 5.91 Å². The molecule has 1 aromatic heterocycles. The lowest BCUT2D eigenvalue weighted by atomic mass is 10.1. The minimum atomic E-state index is -0.672. The highest BCUT2D eigenvalue weighted by atomic mass is 16.3. The molecule has 1 aromatic carbocycles. The zero-order chi connectivity index (χ0) is 15.4. The van der Waals surface area contributed by atoms with E-state index in [2.05, 4.69) is 4.98 Å². The smallest absolute Gasteiger partial charge is 0.255 e. The van der Waals surface area contributed by atoms with Crippen LogP contribution in [0.1, 0.15) is 40.2 Å². The molecule has 1 heterocycles. The van der Waals surface area contributed by atoms with Crippen LogP contribution in [0.25, 0.3) is 0 Å². The monoisotopic (exact) mass is 286 g/mol. The van der Waals surface area contributed by atoms with Crippen LogP contribution in [0, 0.1) is 13.8 Å². The maximum absolute atomic E-state index is 12.5. The Labute approximate surface area is 125 Å². The number of hydrogen-bond acceptors (Lipinski definition) is 2. The molecule has 1 atom stereocenters. The molecule has 2 rings (SSSR count). The Morgan fingerprint density at radius 2 is 1.90 bits per heavy atom. The van der Waals surface area contributed by atoms with Crippen LogP contribution in [0.3, 0.4) is 0 Å². The van der Waals surface area contributed by atoms with Gasteiger partial charge in [0.1, 0.15) is 0 Å². The second-order valence-electron chi connectivity index (χ2n) is 5.29. The maximum atomic E-state index is 12.5. The standard InChI is InChI=1S/C17H22N2O2/c1-4-19(17(21)15-9-10-18-13(15)3)11-16(20)14-7-5-12(2)6-8-14/h5-10,16,18,20H,4,11H2,1-3H3/t16-/m1/s1. The van der Waals surface area contributed by atoms with Crippen molar-refractivity contribution in [2.24, 2.45) is 0 Å². The Hall–Kier alpha value is -2.07. The van der Waals surface area contributed by atoms with Crippen molar-refractivity contribution < 1.29 is 9.90 Å². The van der Waals surface area contributed by atoms with Crippen molar-refractivity contribution in [3.05, 3.63) is 58.9 Å². The first-order valence-electron chi connectivity index (χ1n) is 7.20. The number of likely N-dealkylation sites (N-methyl/N-ethyl adjacent to an activating group) is 1. The van der Waals surface area contributed by atoms with E-state index in [0.717, 1.165) is 16.8 Å². The van der Waals surface area contributed by atoms with Gasteiger partial charge in [-0.2, -0.15) is 0 Å². The van der Waals surface area contributed by atoms with Gasteiger partial charge in [-0.3, -0.25) is 4.79 Å². The lowest BCUT2D eigenvalue weighted by Gasteiger charge is -2.24.